The Labute approximate surface area is 197 Å². The Morgan fingerprint density at radius 3 is 2.58 bits per heavy atom. The van der Waals surface area contributed by atoms with Gasteiger partial charge in [0.25, 0.3) is 5.69 Å². The Morgan fingerprint density at radius 1 is 1.15 bits per heavy atom. The number of halogens is 1. The summed E-state index contributed by atoms with van der Waals surface area (Å²) in [6, 6.07) is 5.45. The SMILES string of the molecule is CCN(CC)Cc1cc(Cl)cc2c1Oc1c(C)nc3c4c(c([N+](=O)[O-])cc3c1N2)CCCC4. The molecule has 0 bridgehead atoms. The number of anilines is 2. The van der Waals surface area contributed by atoms with E-state index in [1.165, 1.54) is 0 Å². The number of aryl methyl sites for hydroxylation is 2. The van der Waals surface area contributed by atoms with Gasteiger partial charge in [0.05, 0.1) is 27.5 Å². The second kappa shape index (κ2) is 8.47. The molecule has 172 valence electrons. The van der Waals surface area contributed by atoms with E-state index < -0.39 is 0 Å². The van der Waals surface area contributed by atoms with Gasteiger partial charge in [-0.25, -0.2) is 4.98 Å². The molecule has 2 aliphatic rings. The molecule has 0 fully saturated rings. The molecule has 0 amide bonds. The van der Waals surface area contributed by atoms with E-state index in [1.54, 1.807) is 6.07 Å². The molecule has 2 aromatic carbocycles. The van der Waals surface area contributed by atoms with Crippen LogP contribution in [0.25, 0.3) is 10.9 Å². The van der Waals surface area contributed by atoms with Crippen LogP contribution in [0, 0.1) is 17.0 Å². The highest BCUT2D eigenvalue weighted by Crippen LogP contribution is 2.50. The zero-order valence-corrected chi connectivity index (χ0v) is 19.9. The number of nitrogens with one attached hydrogen (secondary N) is 1. The third kappa shape index (κ3) is 3.69. The number of benzene rings is 2. The predicted octanol–water partition coefficient (Wildman–Crippen LogP) is 6.67. The summed E-state index contributed by atoms with van der Waals surface area (Å²) in [6.45, 7) is 8.74. The van der Waals surface area contributed by atoms with Gasteiger partial charge in [-0.05, 0) is 63.4 Å². The highest BCUT2D eigenvalue weighted by molar-refractivity contribution is 6.31. The number of ether oxygens (including phenoxy) is 1. The molecule has 0 unspecified atom stereocenters. The van der Waals surface area contributed by atoms with E-state index in [-0.39, 0.29) is 10.6 Å². The molecule has 5 rings (SSSR count). The Hall–Kier alpha value is -2.90. The molecular weight excluding hydrogens is 440 g/mol. The molecule has 7 nitrogen and oxygen atoms in total. The highest BCUT2D eigenvalue weighted by Gasteiger charge is 2.30. The normalized spacial score (nSPS) is 14.3. The molecular formula is C25H27ClN4O3. The second-order valence-electron chi connectivity index (χ2n) is 8.74. The van der Waals surface area contributed by atoms with Crippen LogP contribution in [0.1, 0.15) is 49.1 Å². The molecule has 2 heterocycles. The standard InChI is InChI=1S/C25H27ClN4O3/c1-4-29(5-2)13-15-10-16(26)11-20-25(15)33-24-14(3)27-22-18-9-7-6-8-17(18)21(30(31)32)12-19(22)23(24)28-20/h10-12,28H,4-9,13H2,1-3H3. The lowest BCUT2D eigenvalue weighted by Gasteiger charge is -2.29. The van der Waals surface area contributed by atoms with Crippen LogP contribution in [0.2, 0.25) is 5.02 Å². The molecule has 0 radical (unpaired) electrons. The third-order valence-corrected chi connectivity index (χ3v) is 7.00. The van der Waals surface area contributed by atoms with Gasteiger partial charge in [-0.1, -0.05) is 25.4 Å². The molecule has 0 saturated heterocycles. The number of nitro benzene ring substituents is 1. The molecule has 33 heavy (non-hydrogen) atoms. The molecule has 0 atom stereocenters. The fraction of sp³-hybridized carbons (Fsp3) is 0.400. The van der Waals surface area contributed by atoms with Crippen LogP contribution in [-0.4, -0.2) is 27.9 Å². The van der Waals surface area contributed by atoms with E-state index in [0.717, 1.165) is 89.2 Å². The van der Waals surface area contributed by atoms with Gasteiger partial charge in [0.1, 0.15) is 0 Å². The number of hydrogen-bond donors (Lipinski definition) is 1. The summed E-state index contributed by atoms with van der Waals surface area (Å²) in [4.78, 5) is 18.8. The smallest absolute Gasteiger partial charge is 0.273 e. The molecule has 1 N–H and O–H groups in total. The van der Waals surface area contributed by atoms with Crippen molar-refractivity contribution in [1.82, 2.24) is 9.88 Å². The molecule has 1 aliphatic heterocycles. The Morgan fingerprint density at radius 2 is 1.88 bits per heavy atom. The van der Waals surface area contributed by atoms with Gasteiger partial charge < -0.3 is 10.1 Å². The number of pyridine rings is 1. The zero-order valence-electron chi connectivity index (χ0n) is 19.1. The second-order valence-corrected chi connectivity index (χ2v) is 9.18. The summed E-state index contributed by atoms with van der Waals surface area (Å²) >= 11 is 6.47. The third-order valence-electron chi connectivity index (χ3n) is 6.78. The summed E-state index contributed by atoms with van der Waals surface area (Å²) in [5.41, 5.74) is 6.07. The molecule has 0 spiro atoms. The Kier molecular flexibility index (Phi) is 5.62. The van der Waals surface area contributed by atoms with Crippen molar-refractivity contribution in [3.63, 3.8) is 0 Å². The lowest BCUT2D eigenvalue weighted by atomic mass is 9.87. The van der Waals surface area contributed by atoms with Gasteiger partial charge in [-0.15, -0.1) is 0 Å². The number of hydrogen-bond acceptors (Lipinski definition) is 6. The fourth-order valence-electron chi connectivity index (χ4n) is 5.06. The van der Waals surface area contributed by atoms with E-state index in [2.05, 4.69) is 24.1 Å². The van der Waals surface area contributed by atoms with Crippen LogP contribution in [0.3, 0.4) is 0 Å². The van der Waals surface area contributed by atoms with E-state index in [1.807, 2.05) is 19.1 Å². The van der Waals surface area contributed by atoms with Gasteiger partial charge in [0.2, 0.25) is 0 Å². The lowest BCUT2D eigenvalue weighted by Crippen LogP contribution is -2.23. The first kappa shape index (κ1) is 21.9. The van der Waals surface area contributed by atoms with Crippen molar-refractivity contribution in [2.45, 2.75) is 53.0 Å². The van der Waals surface area contributed by atoms with Crippen molar-refractivity contribution in [2.24, 2.45) is 0 Å². The first-order valence-electron chi connectivity index (χ1n) is 11.5. The summed E-state index contributed by atoms with van der Waals surface area (Å²) in [6.07, 6.45) is 3.50. The summed E-state index contributed by atoms with van der Waals surface area (Å²) < 4.78 is 6.46. The number of nitro groups is 1. The summed E-state index contributed by atoms with van der Waals surface area (Å²) in [5, 5.41) is 16.7. The fourth-order valence-corrected chi connectivity index (χ4v) is 5.30. The first-order valence-corrected chi connectivity index (χ1v) is 11.9. The van der Waals surface area contributed by atoms with Crippen molar-refractivity contribution in [3.05, 3.63) is 55.7 Å². The van der Waals surface area contributed by atoms with Crippen molar-refractivity contribution < 1.29 is 9.66 Å². The van der Waals surface area contributed by atoms with Crippen molar-refractivity contribution in [2.75, 3.05) is 18.4 Å². The molecule has 0 saturated carbocycles. The molecule has 8 heteroatoms. The van der Waals surface area contributed by atoms with E-state index in [4.69, 9.17) is 21.3 Å². The summed E-state index contributed by atoms with van der Waals surface area (Å²) in [7, 11) is 0. The maximum absolute atomic E-state index is 11.9. The number of rotatable bonds is 5. The number of nitrogens with zero attached hydrogens (tertiary/aromatic N) is 3. The summed E-state index contributed by atoms with van der Waals surface area (Å²) in [5.74, 6) is 1.35. The van der Waals surface area contributed by atoms with E-state index >= 15 is 0 Å². The van der Waals surface area contributed by atoms with E-state index in [9.17, 15) is 10.1 Å². The maximum Gasteiger partial charge on any atom is 0.273 e. The number of aromatic nitrogens is 1. The van der Waals surface area contributed by atoms with E-state index in [0.29, 0.717) is 17.3 Å². The topological polar surface area (TPSA) is 80.5 Å². The highest BCUT2D eigenvalue weighted by atomic mass is 35.5. The van der Waals surface area contributed by atoms with Gasteiger partial charge in [-0.2, -0.15) is 0 Å². The van der Waals surface area contributed by atoms with Crippen LogP contribution in [0.15, 0.2) is 18.2 Å². The molecule has 1 aromatic heterocycles. The van der Waals surface area contributed by atoms with Crippen LogP contribution in [0.4, 0.5) is 17.1 Å². The molecule has 1 aliphatic carbocycles. The Bertz CT molecular complexity index is 1290. The van der Waals surface area contributed by atoms with Gasteiger partial charge >= 0.3 is 0 Å². The first-order chi connectivity index (χ1) is 15.9. The molecule has 3 aromatic rings. The minimum absolute atomic E-state index is 0.172. The zero-order chi connectivity index (χ0) is 23.3. The van der Waals surface area contributed by atoms with Crippen molar-refractivity contribution in [3.8, 4) is 11.5 Å². The average molecular weight is 467 g/mol. The minimum Gasteiger partial charge on any atom is -0.451 e. The lowest BCUT2D eigenvalue weighted by molar-refractivity contribution is -0.385. The van der Waals surface area contributed by atoms with Gasteiger partial charge in [0, 0.05) is 34.1 Å². The van der Waals surface area contributed by atoms with Crippen LogP contribution in [-0.2, 0) is 19.4 Å². The van der Waals surface area contributed by atoms with Crippen molar-refractivity contribution in [1.29, 1.82) is 0 Å². The Balaban J connectivity index is 1.70. The van der Waals surface area contributed by atoms with Crippen molar-refractivity contribution >= 4 is 39.6 Å². The van der Waals surface area contributed by atoms with Gasteiger partial charge in [0.15, 0.2) is 11.5 Å². The van der Waals surface area contributed by atoms with Gasteiger partial charge in [-0.3, -0.25) is 15.0 Å². The quantitative estimate of drug-likeness (QED) is 0.261. The van der Waals surface area contributed by atoms with Crippen LogP contribution >= 0.6 is 11.6 Å². The van der Waals surface area contributed by atoms with Crippen LogP contribution in [0.5, 0.6) is 11.5 Å². The van der Waals surface area contributed by atoms with Crippen LogP contribution < -0.4 is 10.1 Å². The predicted molar refractivity (Wildman–Crippen MR) is 131 cm³/mol. The average Bonchev–Trinajstić information content (AvgIpc) is 2.81. The minimum atomic E-state index is -0.271. The largest absolute Gasteiger partial charge is 0.451 e. The monoisotopic (exact) mass is 466 g/mol. The maximum atomic E-state index is 11.9. The number of fused-ring (bicyclic) bond motifs is 6.